The smallest absolute Gasteiger partial charge is 0.173 e. The van der Waals surface area contributed by atoms with Crippen LogP contribution < -0.4 is 5.73 Å². The third-order valence-electron chi connectivity index (χ3n) is 3.62. The molecule has 0 aliphatic heterocycles. The second kappa shape index (κ2) is 5.26. The van der Waals surface area contributed by atoms with Crippen LogP contribution in [-0.2, 0) is 0 Å². The highest BCUT2D eigenvalue weighted by Gasteiger charge is 2.19. The van der Waals surface area contributed by atoms with E-state index in [0.717, 1.165) is 22.9 Å². The first-order valence-corrected chi connectivity index (χ1v) is 6.77. The van der Waals surface area contributed by atoms with Gasteiger partial charge in [-0.05, 0) is 36.6 Å². The van der Waals surface area contributed by atoms with Gasteiger partial charge in [0, 0.05) is 11.6 Å². The Bertz CT molecular complexity index is 562. The summed E-state index contributed by atoms with van der Waals surface area (Å²) in [5.74, 6) is 2.36. The molecule has 0 spiro atoms. The Hall–Kier alpha value is -2.10. The molecule has 2 aromatic rings. The lowest BCUT2D eigenvalue weighted by Crippen LogP contribution is -1.94. The van der Waals surface area contributed by atoms with E-state index >= 15 is 0 Å². The van der Waals surface area contributed by atoms with Gasteiger partial charge in [-0.1, -0.05) is 31.1 Å². The minimum atomic E-state index is 0.575. The Balaban J connectivity index is 1.71. The quantitative estimate of drug-likeness (QED) is 0.826. The molecular formula is C15H18N4. The highest BCUT2D eigenvalue weighted by molar-refractivity contribution is 5.67. The van der Waals surface area contributed by atoms with Crippen molar-refractivity contribution in [3.05, 3.63) is 41.5 Å². The van der Waals surface area contributed by atoms with Crippen LogP contribution in [0.4, 0.5) is 5.69 Å². The number of hydrogen-bond acceptors (Lipinski definition) is 3. The van der Waals surface area contributed by atoms with Crippen molar-refractivity contribution in [2.75, 3.05) is 5.73 Å². The predicted octanol–water partition coefficient (Wildman–Crippen LogP) is 3.21. The highest BCUT2D eigenvalue weighted by Crippen LogP contribution is 2.31. The summed E-state index contributed by atoms with van der Waals surface area (Å²) in [6, 6.07) is 7.75. The zero-order valence-electron chi connectivity index (χ0n) is 10.8. The van der Waals surface area contributed by atoms with Gasteiger partial charge < -0.3 is 5.73 Å². The molecule has 0 amide bonds. The number of nitrogens with zero attached hydrogens (tertiary/aromatic N) is 2. The maximum atomic E-state index is 5.65. The van der Waals surface area contributed by atoms with Gasteiger partial charge in [0.1, 0.15) is 5.82 Å². The monoisotopic (exact) mass is 254 g/mol. The van der Waals surface area contributed by atoms with E-state index in [1.54, 1.807) is 0 Å². The van der Waals surface area contributed by atoms with Crippen molar-refractivity contribution < 1.29 is 0 Å². The molecule has 98 valence electrons. The summed E-state index contributed by atoms with van der Waals surface area (Å²) in [5.41, 5.74) is 7.53. The molecule has 0 bridgehead atoms. The second-order valence-electron chi connectivity index (χ2n) is 5.06. The third-order valence-corrected chi connectivity index (χ3v) is 3.62. The average molecular weight is 254 g/mol. The van der Waals surface area contributed by atoms with Gasteiger partial charge in [-0.15, -0.1) is 0 Å². The zero-order valence-corrected chi connectivity index (χ0v) is 10.8. The Labute approximate surface area is 112 Å². The number of nitrogens with one attached hydrogen (secondary N) is 1. The second-order valence-corrected chi connectivity index (χ2v) is 5.06. The van der Waals surface area contributed by atoms with Gasteiger partial charge in [0.05, 0.1) is 0 Å². The van der Waals surface area contributed by atoms with Crippen LogP contribution in [0.1, 0.15) is 48.8 Å². The van der Waals surface area contributed by atoms with Crippen LogP contribution >= 0.6 is 0 Å². The fourth-order valence-electron chi connectivity index (χ4n) is 2.52. The lowest BCUT2D eigenvalue weighted by molar-refractivity contribution is 0.672. The number of nitrogen functional groups attached to an aromatic ring is 1. The number of anilines is 1. The Kier molecular flexibility index (Phi) is 3.31. The van der Waals surface area contributed by atoms with Gasteiger partial charge in [-0.2, -0.15) is 5.10 Å². The van der Waals surface area contributed by atoms with Crippen LogP contribution in [0.25, 0.3) is 12.2 Å². The van der Waals surface area contributed by atoms with E-state index in [-0.39, 0.29) is 0 Å². The van der Waals surface area contributed by atoms with Crippen molar-refractivity contribution >= 4 is 17.8 Å². The molecule has 1 saturated carbocycles. The molecule has 1 aromatic carbocycles. The highest BCUT2D eigenvalue weighted by atomic mass is 15.2. The molecular weight excluding hydrogens is 236 g/mol. The number of hydrogen-bond donors (Lipinski definition) is 2. The molecule has 3 rings (SSSR count). The summed E-state index contributed by atoms with van der Waals surface area (Å²) in [6.45, 7) is 0. The van der Waals surface area contributed by atoms with Gasteiger partial charge >= 0.3 is 0 Å². The summed E-state index contributed by atoms with van der Waals surface area (Å²) < 4.78 is 0. The molecule has 1 aliphatic carbocycles. The molecule has 4 heteroatoms. The number of aromatic amines is 1. The van der Waals surface area contributed by atoms with Crippen molar-refractivity contribution in [2.24, 2.45) is 0 Å². The normalized spacial score (nSPS) is 16.4. The molecule has 1 aromatic heterocycles. The van der Waals surface area contributed by atoms with Crippen LogP contribution in [-0.4, -0.2) is 15.2 Å². The SMILES string of the molecule is Nc1ccc(/C=C/c2n[nH]c(C3CCCC3)n2)cc1. The van der Waals surface area contributed by atoms with E-state index < -0.39 is 0 Å². The summed E-state index contributed by atoms with van der Waals surface area (Å²) in [7, 11) is 0. The third kappa shape index (κ3) is 2.84. The summed E-state index contributed by atoms with van der Waals surface area (Å²) >= 11 is 0. The van der Waals surface area contributed by atoms with Crippen molar-refractivity contribution in [1.82, 2.24) is 15.2 Å². The first-order chi connectivity index (χ1) is 9.31. The largest absolute Gasteiger partial charge is 0.399 e. The molecule has 1 fully saturated rings. The van der Waals surface area contributed by atoms with Crippen molar-refractivity contribution in [1.29, 1.82) is 0 Å². The zero-order chi connectivity index (χ0) is 13.1. The molecule has 0 radical (unpaired) electrons. The maximum Gasteiger partial charge on any atom is 0.173 e. The molecule has 1 aliphatic rings. The van der Waals surface area contributed by atoms with E-state index in [2.05, 4.69) is 15.2 Å². The van der Waals surface area contributed by atoms with Crippen LogP contribution in [0, 0.1) is 0 Å². The van der Waals surface area contributed by atoms with Gasteiger partial charge in [-0.3, -0.25) is 5.10 Å². The number of nitrogens with two attached hydrogens (primary N) is 1. The molecule has 0 saturated heterocycles. The van der Waals surface area contributed by atoms with Crippen LogP contribution in [0.2, 0.25) is 0 Å². The summed E-state index contributed by atoms with van der Waals surface area (Å²) in [4.78, 5) is 4.55. The van der Waals surface area contributed by atoms with Crippen molar-refractivity contribution in [3.8, 4) is 0 Å². The van der Waals surface area contributed by atoms with Crippen LogP contribution in [0.5, 0.6) is 0 Å². The Morgan fingerprint density at radius 3 is 2.58 bits per heavy atom. The lowest BCUT2D eigenvalue weighted by Gasteiger charge is -2.01. The molecule has 19 heavy (non-hydrogen) atoms. The Morgan fingerprint density at radius 2 is 1.84 bits per heavy atom. The fourth-order valence-corrected chi connectivity index (χ4v) is 2.52. The first-order valence-electron chi connectivity index (χ1n) is 6.77. The molecule has 3 N–H and O–H groups in total. The predicted molar refractivity (Wildman–Crippen MR) is 77.4 cm³/mol. The standard InChI is InChI=1S/C15H18N4/c16-13-8-5-11(6-9-13)7-10-14-17-15(19-18-14)12-3-1-2-4-12/h5-10,12H,1-4,16H2,(H,17,18,19)/b10-7+. The molecule has 4 nitrogen and oxygen atoms in total. The van der Waals surface area contributed by atoms with Gasteiger partial charge in [-0.25, -0.2) is 4.98 Å². The number of rotatable bonds is 3. The maximum absolute atomic E-state index is 5.65. The first kappa shape index (κ1) is 12.0. The fraction of sp³-hybridized carbons (Fsp3) is 0.333. The Morgan fingerprint density at radius 1 is 1.11 bits per heavy atom. The van der Waals surface area contributed by atoms with E-state index in [1.165, 1.54) is 25.7 Å². The van der Waals surface area contributed by atoms with E-state index in [1.807, 2.05) is 36.4 Å². The molecule has 0 atom stereocenters. The van der Waals surface area contributed by atoms with Crippen LogP contribution in [0.15, 0.2) is 24.3 Å². The minimum Gasteiger partial charge on any atom is -0.399 e. The number of aromatic nitrogens is 3. The van der Waals surface area contributed by atoms with E-state index in [9.17, 15) is 0 Å². The molecule has 0 unspecified atom stereocenters. The number of H-pyrrole nitrogens is 1. The topological polar surface area (TPSA) is 67.6 Å². The summed E-state index contributed by atoms with van der Waals surface area (Å²) in [6.07, 6.45) is 9.01. The minimum absolute atomic E-state index is 0.575. The van der Waals surface area contributed by atoms with E-state index in [4.69, 9.17) is 5.73 Å². The van der Waals surface area contributed by atoms with E-state index in [0.29, 0.717) is 5.92 Å². The molecule has 1 heterocycles. The summed E-state index contributed by atoms with van der Waals surface area (Å²) in [5, 5.41) is 7.31. The lowest BCUT2D eigenvalue weighted by atomic mass is 10.1. The van der Waals surface area contributed by atoms with Crippen molar-refractivity contribution in [2.45, 2.75) is 31.6 Å². The van der Waals surface area contributed by atoms with Gasteiger partial charge in [0.25, 0.3) is 0 Å². The average Bonchev–Trinajstić information content (AvgIpc) is 3.09. The van der Waals surface area contributed by atoms with Gasteiger partial charge in [0.2, 0.25) is 0 Å². The van der Waals surface area contributed by atoms with Gasteiger partial charge in [0.15, 0.2) is 5.82 Å². The van der Waals surface area contributed by atoms with Crippen molar-refractivity contribution in [3.63, 3.8) is 0 Å². The van der Waals surface area contributed by atoms with Crippen LogP contribution in [0.3, 0.4) is 0 Å². The number of benzene rings is 1.